The maximum absolute atomic E-state index is 12.3. The molecule has 5 heteroatoms. The summed E-state index contributed by atoms with van der Waals surface area (Å²) in [5.74, 6) is -0.520. The van der Waals surface area contributed by atoms with Crippen molar-refractivity contribution in [3.63, 3.8) is 0 Å². The number of fused-ring (bicyclic) bond motifs is 1. The van der Waals surface area contributed by atoms with Gasteiger partial charge in [0, 0.05) is 10.9 Å². The number of alkyl halides is 3. The van der Waals surface area contributed by atoms with E-state index < -0.39 is 12.3 Å². The lowest BCUT2D eigenvalue weighted by molar-refractivity contribution is 0.117. The molecular weight excluding hydrogens is 256 g/mol. The molecule has 0 aliphatic heterocycles. The lowest BCUT2D eigenvalue weighted by Gasteiger charge is -1.93. The van der Waals surface area contributed by atoms with E-state index in [2.05, 4.69) is 20.9 Å². The molecule has 0 unspecified atom stereocenters. The molecule has 0 radical (unpaired) electrons. The van der Waals surface area contributed by atoms with Crippen LogP contribution in [0.3, 0.4) is 0 Å². The third-order valence-electron chi connectivity index (χ3n) is 1.84. The number of nitrogens with zero attached hydrogens (tertiary/aromatic N) is 1. The molecule has 0 saturated heterocycles. The van der Waals surface area contributed by atoms with E-state index in [0.717, 1.165) is 5.56 Å². The molecule has 2 rings (SSSR count). The number of hydrogen-bond acceptors (Lipinski definition) is 2. The van der Waals surface area contributed by atoms with Crippen LogP contribution < -0.4 is 0 Å². The average molecular weight is 262 g/mol. The van der Waals surface area contributed by atoms with Gasteiger partial charge in [0.2, 0.25) is 0 Å². The fourth-order valence-corrected chi connectivity index (χ4v) is 1.66. The van der Waals surface area contributed by atoms with Gasteiger partial charge in [-0.15, -0.1) is 0 Å². The summed E-state index contributed by atoms with van der Waals surface area (Å²) in [6.45, 7) is 0. The summed E-state index contributed by atoms with van der Waals surface area (Å²) in [5, 5.41) is 0.558. The Kier molecular flexibility index (Phi) is 2.50. The number of benzene rings is 1. The average Bonchev–Trinajstić information content (AvgIpc) is 2.60. The molecule has 14 heavy (non-hydrogen) atoms. The quantitative estimate of drug-likeness (QED) is 0.772. The highest BCUT2D eigenvalue weighted by Crippen LogP contribution is 2.26. The highest BCUT2D eigenvalue weighted by Gasteiger charge is 2.16. The standard InChI is InChI=1S/C9H6BrF2NO/c10-4-5-2-1-3-6-7(5)14-9(13-6)8(11)12/h1-3,8H,4H2. The van der Waals surface area contributed by atoms with Gasteiger partial charge in [0.1, 0.15) is 5.52 Å². The second-order valence-corrected chi connectivity index (χ2v) is 3.31. The predicted octanol–water partition coefficient (Wildman–Crippen LogP) is 3.66. The number of rotatable bonds is 2. The number of hydrogen-bond donors (Lipinski definition) is 0. The van der Waals surface area contributed by atoms with Crippen molar-refractivity contribution in [1.29, 1.82) is 0 Å². The molecule has 0 amide bonds. The molecule has 1 heterocycles. The summed E-state index contributed by atoms with van der Waals surface area (Å²) in [6.07, 6.45) is -2.66. The van der Waals surface area contributed by atoms with Gasteiger partial charge in [-0.3, -0.25) is 0 Å². The summed E-state index contributed by atoms with van der Waals surface area (Å²) < 4.78 is 29.5. The maximum Gasteiger partial charge on any atom is 0.313 e. The van der Waals surface area contributed by atoms with Crippen molar-refractivity contribution in [2.75, 3.05) is 0 Å². The van der Waals surface area contributed by atoms with Gasteiger partial charge in [-0.05, 0) is 6.07 Å². The second-order valence-electron chi connectivity index (χ2n) is 2.75. The third-order valence-corrected chi connectivity index (χ3v) is 2.45. The molecule has 0 bridgehead atoms. The van der Waals surface area contributed by atoms with Gasteiger partial charge in [-0.1, -0.05) is 28.1 Å². The number of para-hydroxylation sites is 1. The van der Waals surface area contributed by atoms with Crippen LogP contribution >= 0.6 is 15.9 Å². The molecule has 74 valence electrons. The molecule has 0 spiro atoms. The Balaban J connectivity index is 2.64. The first kappa shape index (κ1) is 9.58. The van der Waals surface area contributed by atoms with Crippen LogP contribution in [0.1, 0.15) is 17.9 Å². The monoisotopic (exact) mass is 261 g/mol. The predicted molar refractivity (Wildman–Crippen MR) is 51.6 cm³/mol. The van der Waals surface area contributed by atoms with Crippen LogP contribution in [0.5, 0.6) is 0 Å². The molecule has 2 nitrogen and oxygen atoms in total. The van der Waals surface area contributed by atoms with E-state index in [1.807, 2.05) is 0 Å². The molecule has 2 aromatic rings. The lowest BCUT2D eigenvalue weighted by atomic mass is 10.2. The summed E-state index contributed by atoms with van der Waals surface area (Å²) in [4.78, 5) is 3.68. The Bertz CT molecular complexity index is 455. The Morgan fingerprint density at radius 3 is 2.86 bits per heavy atom. The van der Waals surface area contributed by atoms with Crippen molar-refractivity contribution < 1.29 is 13.2 Å². The Labute approximate surface area is 87.1 Å². The van der Waals surface area contributed by atoms with Crippen LogP contribution in [0.2, 0.25) is 0 Å². The molecule has 0 N–H and O–H groups in total. The fraction of sp³-hybridized carbons (Fsp3) is 0.222. The molecule has 0 saturated carbocycles. The van der Waals surface area contributed by atoms with Gasteiger partial charge in [-0.25, -0.2) is 4.98 Å². The van der Waals surface area contributed by atoms with Crippen molar-refractivity contribution in [2.24, 2.45) is 0 Å². The van der Waals surface area contributed by atoms with Crippen LogP contribution in [0.4, 0.5) is 8.78 Å². The summed E-state index contributed by atoms with van der Waals surface area (Å²) in [7, 11) is 0. The zero-order valence-electron chi connectivity index (χ0n) is 7.01. The summed E-state index contributed by atoms with van der Waals surface area (Å²) in [6, 6.07) is 5.21. The molecule has 0 aliphatic carbocycles. The maximum atomic E-state index is 12.3. The van der Waals surface area contributed by atoms with Crippen molar-refractivity contribution in [3.05, 3.63) is 29.7 Å². The van der Waals surface area contributed by atoms with E-state index in [4.69, 9.17) is 4.42 Å². The van der Waals surface area contributed by atoms with Gasteiger partial charge in [0.05, 0.1) is 0 Å². The van der Waals surface area contributed by atoms with Crippen LogP contribution in [0.25, 0.3) is 11.1 Å². The van der Waals surface area contributed by atoms with Gasteiger partial charge in [0.25, 0.3) is 5.89 Å². The zero-order valence-corrected chi connectivity index (χ0v) is 8.59. The third kappa shape index (κ3) is 1.52. The van der Waals surface area contributed by atoms with E-state index in [1.165, 1.54) is 0 Å². The Morgan fingerprint density at radius 1 is 1.43 bits per heavy atom. The Hall–Kier alpha value is -0.970. The Morgan fingerprint density at radius 2 is 2.21 bits per heavy atom. The first-order chi connectivity index (χ1) is 6.72. The topological polar surface area (TPSA) is 26.0 Å². The van der Waals surface area contributed by atoms with E-state index >= 15 is 0 Å². The van der Waals surface area contributed by atoms with Crippen molar-refractivity contribution in [2.45, 2.75) is 11.8 Å². The smallest absolute Gasteiger partial charge is 0.313 e. The fourth-order valence-electron chi connectivity index (χ4n) is 1.22. The second kappa shape index (κ2) is 3.65. The van der Waals surface area contributed by atoms with Gasteiger partial charge in [-0.2, -0.15) is 8.78 Å². The van der Waals surface area contributed by atoms with Crippen LogP contribution in [-0.4, -0.2) is 4.98 Å². The first-order valence-electron chi connectivity index (χ1n) is 3.95. The molecule has 0 aliphatic rings. The minimum absolute atomic E-state index is 0.430. The zero-order chi connectivity index (χ0) is 10.1. The van der Waals surface area contributed by atoms with E-state index in [9.17, 15) is 8.78 Å². The van der Waals surface area contributed by atoms with Crippen molar-refractivity contribution >= 4 is 27.0 Å². The molecule has 0 fully saturated rings. The molecular formula is C9H6BrF2NO. The SMILES string of the molecule is FC(F)c1nc2cccc(CBr)c2o1. The van der Waals surface area contributed by atoms with Crippen LogP contribution in [-0.2, 0) is 5.33 Å². The van der Waals surface area contributed by atoms with Gasteiger partial charge in [0.15, 0.2) is 5.58 Å². The lowest BCUT2D eigenvalue weighted by Crippen LogP contribution is -1.80. The van der Waals surface area contributed by atoms with Gasteiger partial charge < -0.3 is 4.42 Å². The summed E-state index contributed by atoms with van der Waals surface area (Å²) in [5.41, 5.74) is 1.72. The van der Waals surface area contributed by atoms with Crippen molar-refractivity contribution in [3.8, 4) is 0 Å². The summed E-state index contributed by atoms with van der Waals surface area (Å²) >= 11 is 3.25. The van der Waals surface area contributed by atoms with E-state index in [-0.39, 0.29) is 0 Å². The molecule has 0 atom stereocenters. The largest absolute Gasteiger partial charge is 0.435 e. The van der Waals surface area contributed by atoms with Crippen LogP contribution in [0, 0.1) is 0 Å². The molecule has 1 aromatic carbocycles. The normalized spacial score (nSPS) is 11.4. The van der Waals surface area contributed by atoms with Crippen LogP contribution in [0.15, 0.2) is 22.6 Å². The van der Waals surface area contributed by atoms with Gasteiger partial charge >= 0.3 is 6.43 Å². The first-order valence-corrected chi connectivity index (χ1v) is 5.07. The number of aromatic nitrogens is 1. The van der Waals surface area contributed by atoms with Crippen molar-refractivity contribution in [1.82, 2.24) is 4.98 Å². The number of oxazole rings is 1. The number of halogens is 3. The molecule has 1 aromatic heterocycles. The van der Waals surface area contributed by atoms with E-state index in [0.29, 0.717) is 16.4 Å². The minimum Gasteiger partial charge on any atom is -0.435 e. The minimum atomic E-state index is -2.66. The highest BCUT2D eigenvalue weighted by atomic mass is 79.9. The van der Waals surface area contributed by atoms with E-state index in [1.54, 1.807) is 18.2 Å². The highest BCUT2D eigenvalue weighted by molar-refractivity contribution is 9.08.